The van der Waals surface area contributed by atoms with Gasteiger partial charge in [-0.05, 0) is 62.6 Å². The summed E-state index contributed by atoms with van der Waals surface area (Å²) in [5, 5.41) is 4.08. The number of amides is 1. The van der Waals surface area contributed by atoms with Gasteiger partial charge in [-0.25, -0.2) is 5.43 Å². The molecular weight excluding hydrogens is 432 g/mol. The molecule has 0 aliphatic rings. The van der Waals surface area contributed by atoms with Crippen LogP contribution in [0.4, 0.5) is 0 Å². The highest BCUT2D eigenvalue weighted by atomic mass is 16.5. The summed E-state index contributed by atoms with van der Waals surface area (Å²) in [5.74, 6) is 2.43. The van der Waals surface area contributed by atoms with Crippen LogP contribution >= 0.6 is 0 Å². The van der Waals surface area contributed by atoms with Gasteiger partial charge in [0.05, 0.1) is 26.0 Å². The zero-order chi connectivity index (χ0) is 24.6. The number of rotatable bonds is 16. The molecule has 0 unspecified atom stereocenters. The van der Waals surface area contributed by atoms with Crippen LogP contribution in [0.15, 0.2) is 47.6 Å². The molecule has 0 bridgehead atoms. The first kappa shape index (κ1) is 27.0. The number of nitrogens with one attached hydrogen (secondary N) is 1. The third kappa shape index (κ3) is 9.73. The molecule has 7 heteroatoms. The van der Waals surface area contributed by atoms with Crippen LogP contribution in [0, 0.1) is 0 Å². The van der Waals surface area contributed by atoms with Gasteiger partial charge in [-0.15, -0.1) is 0 Å². The number of hydrazone groups is 1. The molecule has 0 aromatic heterocycles. The van der Waals surface area contributed by atoms with Gasteiger partial charge in [0.2, 0.25) is 0 Å². The van der Waals surface area contributed by atoms with Gasteiger partial charge in [-0.3, -0.25) is 4.79 Å². The molecule has 186 valence electrons. The Labute approximate surface area is 203 Å². The number of ether oxygens (including phenoxy) is 4. The van der Waals surface area contributed by atoms with Crippen LogP contribution in [0.25, 0.3) is 0 Å². The van der Waals surface area contributed by atoms with E-state index in [1.54, 1.807) is 25.3 Å². The molecule has 1 atom stereocenters. The third-order valence-corrected chi connectivity index (χ3v) is 4.82. The smallest absolute Gasteiger partial charge is 0.280 e. The Kier molecular flexibility index (Phi) is 12.4. The SMILES string of the molecule is CCCCCOc1ccc(O[C@@H](C)C(=O)N/N=C\c2ccc(OCCC)cc2OCCC)cc1. The third-order valence-electron chi connectivity index (χ3n) is 4.82. The minimum Gasteiger partial charge on any atom is -0.494 e. The largest absolute Gasteiger partial charge is 0.494 e. The van der Waals surface area contributed by atoms with Crippen molar-refractivity contribution in [2.24, 2.45) is 5.10 Å². The number of benzene rings is 2. The number of unbranched alkanes of at least 4 members (excludes halogenated alkanes) is 2. The summed E-state index contributed by atoms with van der Waals surface area (Å²) in [4.78, 5) is 12.4. The topological polar surface area (TPSA) is 78.4 Å². The van der Waals surface area contributed by atoms with Crippen LogP contribution in [-0.4, -0.2) is 38.0 Å². The Morgan fingerprint density at radius 1 is 0.853 bits per heavy atom. The number of hydrogen-bond acceptors (Lipinski definition) is 6. The first-order valence-corrected chi connectivity index (χ1v) is 12.2. The molecule has 7 nitrogen and oxygen atoms in total. The molecule has 0 radical (unpaired) electrons. The second-order valence-corrected chi connectivity index (χ2v) is 7.92. The molecule has 0 fully saturated rings. The van der Waals surface area contributed by atoms with E-state index >= 15 is 0 Å². The van der Waals surface area contributed by atoms with Crippen molar-refractivity contribution < 1.29 is 23.7 Å². The van der Waals surface area contributed by atoms with Crippen LogP contribution in [0.3, 0.4) is 0 Å². The van der Waals surface area contributed by atoms with Gasteiger partial charge in [-0.1, -0.05) is 33.6 Å². The lowest BCUT2D eigenvalue weighted by Gasteiger charge is -2.14. The van der Waals surface area contributed by atoms with Crippen molar-refractivity contribution in [3.05, 3.63) is 48.0 Å². The molecule has 0 aliphatic heterocycles. The van der Waals surface area contributed by atoms with E-state index in [9.17, 15) is 4.79 Å². The Morgan fingerprint density at radius 2 is 1.50 bits per heavy atom. The molecule has 0 spiro atoms. The average Bonchev–Trinajstić information content (AvgIpc) is 2.85. The van der Waals surface area contributed by atoms with E-state index < -0.39 is 6.10 Å². The van der Waals surface area contributed by atoms with E-state index in [0.29, 0.717) is 31.3 Å². The predicted octanol–water partition coefficient (Wildman–Crippen LogP) is 5.75. The summed E-state index contributed by atoms with van der Waals surface area (Å²) in [6, 6.07) is 12.8. The van der Waals surface area contributed by atoms with Crippen molar-refractivity contribution >= 4 is 12.1 Å². The minimum absolute atomic E-state index is 0.352. The fourth-order valence-corrected chi connectivity index (χ4v) is 2.94. The van der Waals surface area contributed by atoms with Crippen molar-refractivity contribution in [1.82, 2.24) is 5.43 Å². The van der Waals surface area contributed by atoms with Crippen molar-refractivity contribution in [3.63, 3.8) is 0 Å². The van der Waals surface area contributed by atoms with Crippen molar-refractivity contribution in [2.45, 2.75) is 65.9 Å². The second kappa shape index (κ2) is 15.6. The van der Waals surface area contributed by atoms with E-state index in [2.05, 4.69) is 24.4 Å². The average molecular weight is 471 g/mol. The van der Waals surface area contributed by atoms with E-state index in [1.807, 2.05) is 37.3 Å². The molecule has 1 N–H and O–H groups in total. The van der Waals surface area contributed by atoms with Gasteiger partial charge in [0, 0.05) is 11.6 Å². The molecule has 2 aromatic rings. The number of carbonyl (C=O) groups excluding carboxylic acids is 1. The second-order valence-electron chi connectivity index (χ2n) is 7.92. The van der Waals surface area contributed by atoms with Crippen molar-refractivity contribution in [2.75, 3.05) is 19.8 Å². The molecule has 2 rings (SSSR count). The fourth-order valence-electron chi connectivity index (χ4n) is 2.94. The van der Waals surface area contributed by atoms with Crippen LogP contribution in [0.2, 0.25) is 0 Å². The Balaban J connectivity index is 1.88. The van der Waals surface area contributed by atoms with Gasteiger partial charge in [-0.2, -0.15) is 5.10 Å². The van der Waals surface area contributed by atoms with Crippen molar-refractivity contribution in [1.29, 1.82) is 0 Å². The zero-order valence-corrected chi connectivity index (χ0v) is 20.8. The summed E-state index contributed by atoms with van der Waals surface area (Å²) in [6.07, 6.45) is 6.01. The molecule has 0 saturated carbocycles. The van der Waals surface area contributed by atoms with Crippen LogP contribution in [-0.2, 0) is 4.79 Å². The van der Waals surface area contributed by atoms with E-state index in [4.69, 9.17) is 18.9 Å². The van der Waals surface area contributed by atoms with Crippen molar-refractivity contribution in [3.8, 4) is 23.0 Å². The summed E-state index contributed by atoms with van der Waals surface area (Å²) in [7, 11) is 0. The molecule has 2 aromatic carbocycles. The molecular formula is C27H38N2O5. The maximum Gasteiger partial charge on any atom is 0.280 e. The number of carbonyl (C=O) groups is 1. The van der Waals surface area contributed by atoms with Gasteiger partial charge in [0.1, 0.15) is 23.0 Å². The van der Waals surface area contributed by atoms with Crippen LogP contribution in [0.1, 0.15) is 65.4 Å². The minimum atomic E-state index is -0.714. The van der Waals surface area contributed by atoms with Gasteiger partial charge in [0.25, 0.3) is 5.91 Å². The fraction of sp³-hybridized carbons (Fsp3) is 0.481. The van der Waals surface area contributed by atoms with E-state index in [-0.39, 0.29) is 5.91 Å². The van der Waals surface area contributed by atoms with Gasteiger partial charge in [0.15, 0.2) is 6.10 Å². The lowest BCUT2D eigenvalue weighted by Crippen LogP contribution is -2.33. The molecule has 0 heterocycles. The highest BCUT2D eigenvalue weighted by molar-refractivity contribution is 5.86. The van der Waals surface area contributed by atoms with E-state index in [0.717, 1.165) is 49.2 Å². The monoisotopic (exact) mass is 470 g/mol. The summed E-state index contributed by atoms with van der Waals surface area (Å²) >= 11 is 0. The van der Waals surface area contributed by atoms with Crippen LogP contribution in [0.5, 0.6) is 23.0 Å². The quantitative estimate of drug-likeness (QED) is 0.192. The predicted molar refractivity (Wildman–Crippen MR) is 135 cm³/mol. The first-order chi connectivity index (χ1) is 16.6. The number of nitrogens with zero attached hydrogens (tertiary/aromatic N) is 1. The highest BCUT2D eigenvalue weighted by Gasteiger charge is 2.14. The van der Waals surface area contributed by atoms with Gasteiger partial charge < -0.3 is 18.9 Å². The lowest BCUT2D eigenvalue weighted by atomic mass is 10.2. The highest BCUT2D eigenvalue weighted by Crippen LogP contribution is 2.24. The van der Waals surface area contributed by atoms with E-state index in [1.165, 1.54) is 0 Å². The summed E-state index contributed by atoms with van der Waals surface area (Å²) < 4.78 is 22.9. The molecule has 1 amide bonds. The molecule has 34 heavy (non-hydrogen) atoms. The standard InChI is InChI=1S/C27H38N2O5/c1-5-8-9-18-32-23-12-14-24(15-13-23)34-21(4)27(30)29-28-20-22-10-11-25(31-16-6-2)19-26(22)33-17-7-3/h10-15,19-21H,5-9,16-18H2,1-4H3,(H,29,30)/b28-20-/t21-/m0/s1. The van der Waals surface area contributed by atoms with Crippen LogP contribution < -0.4 is 24.4 Å². The maximum atomic E-state index is 12.4. The maximum absolute atomic E-state index is 12.4. The normalized spacial score (nSPS) is 11.8. The molecule has 0 aliphatic carbocycles. The zero-order valence-electron chi connectivity index (χ0n) is 20.8. The van der Waals surface area contributed by atoms with Gasteiger partial charge >= 0.3 is 0 Å². The summed E-state index contributed by atoms with van der Waals surface area (Å²) in [6.45, 7) is 9.86. The Hall–Kier alpha value is -3.22. The Morgan fingerprint density at radius 3 is 2.21 bits per heavy atom. The lowest BCUT2D eigenvalue weighted by molar-refractivity contribution is -0.127. The molecule has 0 saturated heterocycles. The first-order valence-electron chi connectivity index (χ1n) is 12.2. The number of hydrogen-bond donors (Lipinski definition) is 1. The Bertz CT molecular complexity index is 883. The summed E-state index contributed by atoms with van der Waals surface area (Å²) in [5.41, 5.74) is 3.28.